The van der Waals surface area contributed by atoms with Crippen molar-refractivity contribution >= 4 is 11.8 Å². The number of halogens is 3. The summed E-state index contributed by atoms with van der Waals surface area (Å²) in [4.78, 5) is 0. The average Bonchev–Trinajstić information content (AvgIpc) is 2.28. The summed E-state index contributed by atoms with van der Waals surface area (Å²) in [5, 5.41) is 3.20. The Hall–Kier alpha value is 0.100. The topological polar surface area (TPSA) is 12.0 Å². The molecular formula is C15H28F3NS. The van der Waals surface area contributed by atoms with E-state index in [4.69, 9.17) is 0 Å². The van der Waals surface area contributed by atoms with E-state index < -0.39 is 5.51 Å². The molecule has 0 aromatic heterocycles. The van der Waals surface area contributed by atoms with Crippen LogP contribution in [0.25, 0.3) is 0 Å². The zero-order chi connectivity index (χ0) is 15.4. The third-order valence-corrected chi connectivity index (χ3v) is 5.35. The lowest BCUT2D eigenvalue weighted by Gasteiger charge is -2.42. The molecule has 0 saturated heterocycles. The summed E-state index contributed by atoms with van der Waals surface area (Å²) in [6.07, 6.45) is 4.11. The van der Waals surface area contributed by atoms with Crippen molar-refractivity contribution in [3.05, 3.63) is 0 Å². The van der Waals surface area contributed by atoms with Crippen LogP contribution in [0.4, 0.5) is 13.2 Å². The van der Waals surface area contributed by atoms with Crippen LogP contribution in [0, 0.1) is 23.2 Å². The van der Waals surface area contributed by atoms with E-state index in [2.05, 4.69) is 26.1 Å². The minimum absolute atomic E-state index is 0.136. The van der Waals surface area contributed by atoms with E-state index in [1.807, 2.05) is 7.05 Å². The molecule has 0 radical (unpaired) electrons. The summed E-state index contributed by atoms with van der Waals surface area (Å²) in [6.45, 7) is 7.67. The van der Waals surface area contributed by atoms with E-state index in [1.165, 1.54) is 6.42 Å². The van der Waals surface area contributed by atoms with Crippen molar-refractivity contribution in [2.24, 2.45) is 23.2 Å². The SMILES string of the molecule is CNCC1CCC(C(C)(C)C)CC1CCSC(F)(F)F. The molecule has 1 N–H and O–H groups in total. The highest BCUT2D eigenvalue weighted by Gasteiger charge is 2.36. The first kappa shape index (κ1) is 18.1. The van der Waals surface area contributed by atoms with Crippen LogP contribution in [0.2, 0.25) is 0 Å². The molecule has 0 aromatic rings. The predicted octanol–water partition coefficient (Wildman–Crippen LogP) is 4.93. The van der Waals surface area contributed by atoms with E-state index in [1.54, 1.807) is 0 Å². The third kappa shape index (κ3) is 6.25. The van der Waals surface area contributed by atoms with Crippen molar-refractivity contribution in [1.29, 1.82) is 0 Å². The van der Waals surface area contributed by atoms with Gasteiger partial charge < -0.3 is 5.32 Å². The maximum atomic E-state index is 12.3. The minimum Gasteiger partial charge on any atom is -0.319 e. The average molecular weight is 311 g/mol. The van der Waals surface area contributed by atoms with Gasteiger partial charge in [-0.2, -0.15) is 13.2 Å². The van der Waals surface area contributed by atoms with Gasteiger partial charge in [0.25, 0.3) is 0 Å². The molecule has 3 atom stereocenters. The van der Waals surface area contributed by atoms with E-state index in [9.17, 15) is 13.2 Å². The molecule has 0 bridgehead atoms. The number of thioether (sulfide) groups is 1. The molecule has 1 saturated carbocycles. The first-order valence-electron chi connectivity index (χ1n) is 7.48. The molecule has 1 aliphatic rings. The normalized spacial score (nSPS) is 28.6. The Morgan fingerprint density at radius 2 is 1.75 bits per heavy atom. The molecule has 0 heterocycles. The first-order valence-corrected chi connectivity index (χ1v) is 8.47. The Balaban J connectivity index is 2.55. The molecule has 0 aliphatic heterocycles. The van der Waals surface area contributed by atoms with Gasteiger partial charge in [-0.15, -0.1) is 0 Å². The van der Waals surface area contributed by atoms with Gasteiger partial charge in [0, 0.05) is 5.75 Å². The van der Waals surface area contributed by atoms with Crippen molar-refractivity contribution in [2.75, 3.05) is 19.3 Å². The van der Waals surface area contributed by atoms with Gasteiger partial charge in [0.1, 0.15) is 0 Å². The predicted molar refractivity (Wildman–Crippen MR) is 80.8 cm³/mol. The number of hydrogen-bond acceptors (Lipinski definition) is 2. The van der Waals surface area contributed by atoms with Crippen LogP contribution in [0.3, 0.4) is 0 Å². The fourth-order valence-electron chi connectivity index (χ4n) is 3.32. The summed E-state index contributed by atoms with van der Waals surface area (Å²) >= 11 is 0.136. The number of alkyl halides is 3. The molecule has 1 rings (SSSR count). The molecule has 0 amide bonds. The van der Waals surface area contributed by atoms with Gasteiger partial charge in [-0.1, -0.05) is 32.5 Å². The van der Waals surface area contributed by atoms with Crippen LogP contribution in [0.15, 0.2) is 0 Å². The van der Waals surface area contributed by atoms with E-state index in [0.29, 0.717) is 24.2 Å². The zero-order valence-electron chi connectivity index (χ0n) is 13.0. The Labute approximate surface area is 125 Å². The molecule has 1 nitrogen and oxygen atoms in total. The molecule has 120 valence electrons. The summed E-state index contributed by atoms with van der Waals surface area (Å²) in [6, 6.07) is 0. The second-order valence-electron chi connectivity index (χ2n) is 7.04. The maximum absolute atomic E-state index is 12.3. The largest absolute Gasteiger partial charge is 0.441 e. The van der Waals surface area contributed by atoms with E-state index >= 15 is 0 Å². The maximum Gasteiger partial charge on any atom is 0.441 e. The zero-order valence-corrected chi connectivity index (χ0v) is 13.8. The Morgan fingerprint density at radius 3 is 2.25 bits per heavy atom. The summed E-state index contributed by atoms with van der Waals surface area (Å²) in [5.41, 5.74) is -3.82. The lowest BCUT2D eigenvalue weighted by Crippen LogP contribution is -2.36. The van der Waals surface area contributed by atoms with Crippen LogP contribution >= 0.6 is 11.8 Å². The highest BCUT2D eigenvalue weighted by Crippen LogP contribution is 2.44. The number of hydrogen-bond donors (Lipinski definition) is 1. The quantitative estimate of drug-likeness (QED) is 0.773. The van der Waals surface area contributed by atoms with Crippen molar-refractivity contribution in [1.82, 2.24) is 5.32 Å². The lowest BCUT2D eigenvalue weighted by atomic mass is 9.65. The smallest absolute Gasteiger partial charge is 0.319 e. The molecule has 20 heavy (non-hydrogen) atoms. The van der Waals surface area contributed by atoms with Gasteiger partial charge in [-0.25, -0.2) is 0 Å². The van der Waals surface area contributed by atoms with Gasteiger partial charge in [0.05, 0.1) is 0 Å². The van der Waals surface area contributed by atoms with Gasteiger partial charge in [0.15, 0.2) is 0 Å². The van der Waals surface area contributed by atoms with Crippen molar-refractivity contribution in [3.8, 4) is 0 Å². The molecule has 0 spiro atoms. The van der Waals surface area contributed by atoms with Crippen LogP contribution < -0.4 is 5.32 Å². The minimum atomic E-state index is -4.09. The van der Waals surface area contributed by atoms with Gasteiger partial charge in [0.2, 0.25) is 0 Å². The van der Waals surface area contributed by atoms with Gasteiger partial charge in [-0.05, 0) is 62.4 Å². The summed E-state index contributed by atoms with van der Waals surface area (Å²) in [7, 11) is 1.93. The standard InChI is InChI=1S/C15H28F3NS/c1-14(2,3)13-6-5-12(10-19-4)11(9-13)7-8-20-15(16,17)18/h11-13,19H,5-10H2,1-4H3. The molecular weight excluding hydrogens is 283 g/mol. The van der Waals surface area contributed by atoms with Gasteiger partial charge >= 0.3 is 5.51 Å². The van der Waals surface area contributed by atoms with Gasteiger partial charge in [-0.3, -0.25) is 0 Å². The molecule has 1 fully saturated rings. The highest BCUT2D eigenvalue weighted by atomic mass is 32.2. The molecule has 0 aromatic carbocycles. The van der Waals surface area contributed by atoms with Crippen LogP contribution in [0.1, 0.15) is 46.5 Å². The second-order valence-corrected chi connectivity index (χ2v) is 8.20. The summed E-state index contributed by atoms with van der Waals surface area (Å²) < 4.78 is 36.8. The van der Waals surface area contributed by atoms with Crippen LogP contribution in [-0.4, -0.2) is 24.9 Å². The molecule has 3 unspecified atom stereocenters. The Bertz CT molecular complexity index is 286. The molecule has 1 aliphatic carbocycles. The first-order chi connectivity index (χ1) is 9.13. The van der Waals surface area contributed by atoms with Crippen LogP contribution in [0.5, 0.6) is 0 Å². The fourth-order valence-corrected chi connectivity index (χ4v) is 3.98. The van der Waals surface area contributed by atoms with Crippen LogP contribution in [-0.2, 0) is 0 Å². The van der Waals surface area contributed by atoms with E-state index in [-0.39, 0.29) is 22.9 Å². The monoisotopic (exact) mass is 311 g/mol. The fraction of sp³-hybridized carbons (Fsp3) is 1.00. The van der Waals surface area contributed by atoms with Crippen molar-refractivity contribution < 1.29 is 13.2 Å². The highest BCUT2D eigenvalue weighted by molar-refractivity contribution is 8.00. The van der Waals surface area contributed by atoms with Crippen molar-refractivity contribution in [3.63, 3.8) is 0 Å². The van der Waals surface area contributed by atoms with Crippen molar-refractivity contribution in [2.45, 2.75) is 52.0 Å². The van der Waals surface area contributed by atoms with E-state index in [0.717, 1.165) is 19.4 Å². The summed E-state index contributed by atoms with van der Waals surface area (Å²) in [5.74, 6) is 1.80. The molecule has 5 heteroatoms. The Kier molecular flexibility index (Phi) is 6.71. The second kappa shape index (κ2) is 7.39. The number of nitrogens with one attached hydrogen (secondary N) is 1. The lowest BCUT2D eigenvalue weighted by molar-refractivity contribution is -0.0329. The Morgan fingerprint density at radius 1 is 1.10 bits per heavy atom. The number of rotatable bonds is 5. The third-order valence-electron chi connectivity index (χ3n) is 4.59.